The molecule has 0 aliphatic carbocycles. The summed E-state index contributed by atoms with van der Waals surface area (Å²) in [6, 6.07) is 14.6. The van der Waals surface area contributed by atoms with Crippen LogP contribution in [-0.2, 0) is 0 Å². The number of aromatic nitrogens is 3. The van der Waals surface area contributed by atoms with Gasteiger partial charge >= 0.3 is 0 Å². The van der Waals surface area contributed by atoms with Crippen molar-refractivity contribution in [3.8, 4) is 21.7 Å². The Hall–Kier alpha value is -2.66. The van der Waals surface area contributed by atoms with Crippen LogP contribution in [0.1, 0.15) is 5.56 Å². The van der Waals surface area contributed by atoms with E-state index in [1.807, 2.05) is 12.3 Å². The van der Waals surface area contributed by atoms with Crippen LogP contribution in [0.25, 0.3) is 32.6 Å². The van der Waals surface area contributed by atoms with Crippen molar-refractivity contribution in [3.63, 3.8) is 0 Å². The van der Waals surface area contributed by atoms with Crippen molar-refractivity contribution in [1.29, 1.82) is 0 Å². The molecule has 0 amide bonds. The van der Waals surface area contributed by atoms with E-state index >= 15 is 0 Å². The van der Waals surface area contributed by atoms with Crippen molar-refractivity contribution < 1.29 is 0 Å². The number of fused-ring (bicyclic) bond motifs is 1. The first-order valence-electron chi connectivity index (χ1n) is 6.97. The summed E-state index contributed by atoms with van der Waals surface area (Å²) >= 11 is 1.51. The Morgan fingerprint density at radius 3 is 2.86 bits per heavy atom. The van der Waals surface area contributed by atoms with E-state index in [0.717, 1.165) is 32.6 Å². The third kappa shape index (κ3) is 2.16. The molecule has 3 N–H and O–H groups in total. The molecule has 0 saturated carbocycles. The maximum absolute atomic E-state index is 5.97. The molecular formula is C17H14N4S. The number of benzene rings is 2. The molecule has 4 aromatic rings. The van der Waals surface area contributed by atoms with Gasteiger partial charge in [0.1, 0.15) is 0 Å². The SMILES string of the molecule is Cc1cccc(-c2nc(N)sc2-c2ccc3cn[nH]c3c2)c1. The van der Waals surface area contributed by atoms with Crippen LogP contribution in [0.2, 0.25) is 0 Å². The molecular weight excluding hydrogens is 292 g/mol. The van der Waals surface area contributed by atoms with E-state index in [1.165, 1.54) is 16.9 Å². The van der Waals surface area contributed by atoms with Crippen molar-refractivity contribution in [2.45, 2.75) is 6.92 Å². The predicted octanol–water partition coefficient (Wildman–Crippen LogP) is 4.24. The Morgan fingerprint density at radius 2 is 2.00 bits per heavy atom. The minimum absolute atomic E-state index is 0.580. The monoisotopic (exact) mass is 306 g/mol. The number of H-pyrrole nitrogens is 1. The number of nitrogens with zero attached hydrogens (tertiary/aromatic N) is 2. The summed E-state index contributed by atoms with van der Waals surface area (Å²) in [6.07, 6.45) is 1.82. The van der Waals surface area contributed by atoms with Gasteiger partial charge in [-0.2, -0.15) is 5.10 Å². The molecule has 2 aromatic heterocycles. The molecule has 0 aliphatic heterocycles. The molecule has 4 rings (SSSR count). The molecule has 0 unspecified atom stereocenters. The fraction of sp³-hybridized carbons (Fsp3) is 0.0588. The third-order valence-corrected chi connectivity index (χ3v) is 4.57. The number of aryl methyl sites for hydroxylation is 1. The van der Waals surface area contributed by atoms with Gasteiger partial charge in [-0.15, -0.1) is 0 Å². The lowest BCUT2D eigenvalue weighted by molar-refractivity contribution is 1.12. The van der Waals surface area contributed by atoms with E-state index in [9.17, 15) is 0 Å². The van der Waals surface area contributed by atoms with Crippen LogP contribution < -0.4 is 5.73 Å². The van der Waals surface area contributed by atoms with Crippen molar-refractivity contribution in [2.75, 3.05) is 5.73 Å². The summed E-state index contributed by atoms with van der Waals surface area (Å²) in [7, 11) is 0. The summed E-state index contributed by atoms with van der Waals surface area (Å²) < 4.78 is 0. The van der Waals surface area contributed by atoms with Gasteiger partial charge in [0.05, 0.1) is 22.3 Å². The van der Waals surface area contributed by atoms with Gasteiger partial charge in [-0.25, -0.2) is 4.98 Å². The van der Waals surface area contributed by atoms with Gasteiger partial charge in [-0.1, -0.05) is 47.2 Å². The molecule has 4 nitrogen and oxygen atoms in total. The zero-order valence-electron chi connectivity index (χ0n) is 12.0. The fourth-order valence-electron chi connectivity index (χ4n) is 2.60. The van der Waals surface area contributed by atoms with E-state index in [1.54, 1.807) is 0 Å². The highest BCUT2D eigenvalue weighted by Gasteiger charge is 2.14. The fourth-order valence-corrected chi connectivity index (χ4v) is 3.45. The first-order chi connectivity index (χ1) is 10.7. The van der Waals surface area contributed by atoms with Crippen molar-refractivity contribution in [1.82, 2.24) is 15.2 Å². The average Bonchev–Trinajstić information content (AvgIpc) is 3.12. The van der Waals surface area contributed by atoms with Gasteiger partial charge < -0.3 is 5.73 Å². The standard InChI is InChI=1S/C17H14N4S/c1-10-3-2-4-11(7-10)15-16(22-17(18)20-15)12-5-6-13-9-19-21-14(13)8-12/h2-9H,1H3,(H2,18,20)(H,19,21). The number of nitrogens with two attached hydrogens (primary N) is 1. The van der Waals surface area contributed by atoms with Crippen LogP contribution in [0.5, 0.6) is 0 Å². The maximum Gasteiger partial charge on any atom is 0.181 e. The predicted molar refractivity (Wildman–Crippen MR) is 91.8 cm³/mol. The van der Waals surface area contributed by atoms with Crippen LogP contribution in [0.15, 0.2) is 48.7 Å². The lowest BCUT2D eigenvalue weighted by Crippen LogP contribution is -1.85. The van der Waals surface area contributed by atoms with Crippen molar-refractivity contribution in [3.05, 3.63) is 54.2 Å². The Balaban J connectivity index is 1.91. The summed E-state index contributed by atoms with van der Waals surface area (Å²) in [5.41, 5.74) is 11.3. The molecule has 2 heterocycles. The number of thiazole rings is 1. The first kappa shape index (κ1) is 13.0. The molecule has 0 spiro atoms. The Morgan fingerprint density at radius 1 is 1.09 bits per heavy atom. The van der Waals surface area contributed by atoms with Crippen LogP contribution in [0.4, 0.5) is 5.13 Å². The molecule has 0 bridgehead atoms. The normalized spacial score (nSPS) is 11.1. The third-order valence-electron chi connectivity index (χ3n) is 3.64. The van der Waals surface area contributed by atoms with Gasteiger partial charge in [0.2, 0.25) is 0 Å². The van der Waals surface area contributed by atoms with Crippen molar-refractivity contribution in [2.24, 2.45) is 0 Å². The van der Waals surface area contributed by atoms with E-state index in [2.05, 4.69) is 58.5 Å². The molecule has 0 saturated heterocycles. The number of nitrogen functional groups attached to an aromatic ring is 1. The van der Waals surface area contributed by atoms with Crippen molar-refractivity contribution >= 4 is 27.4 Å². The lowest BCUT2D eigenvalue weighted by Gasteiger charge is -2.04. The van der Waals surface area contributed by atoms with E-state index in [-0.39, 0.29) is 0 Å². The molecule has 0 fully saturated rings. The summed E-state index contributed by atoms with van der Waals surface area (Å²) in [6.45, 7) is 2.08. The smallest absolute Gasteiger partial charge is 0.181 e. The number of nitrogens with one attached hydrogen (secondary N) is 1. The minimum Gasteiger partial charge on any atom is -0.375 e. The quantitative estimate of drug-likeness (QED) is 0.582. The molecule has 0 atom stereocenters. The second-order valence-corrected chi connectivity index (χ2v) is 6.30. The second kappa shape index (κ2) is 4.96. The minimum atomic E-state index is 0.580. The topological polar surface area (TPSA) is 67.6 Å². The average molecular weight is 306 g/mol. The van der Waals surface area contributed by atoms with Crippen LogP contribution in [0.3, 0.4) is 0 Å². The summed E-state index contributed by atoms with van der Waals surface area (Å²) in [5, 5.41) is 8.75. The highest BCUT2D eigenvalue weighted by Crippen LogP contribution is 2.38. The van der Waals surface area contributed by atoms with Gasteiger partial charge in [0.15, 0.2) is 5.13 Å². The van der Waals surface area contributed by atoms with Gasteiger partial charge in [0, 0.05) is 10.9 Å². The second-order valence-electron chi connectivity index (χ2n) is 5.27. The lowest BCUT2D eigenvalue weighted by atomic mass is 10.0. The van der Waals surface area contributed by atoms with Crippen LogP contribution >= 0.6 is 11.3 Å². The molecule has 5 heteroatoms. The molecule has 108 valence electrons. The van der Waals surface area contributed by atoms with Gasteiger partial charge in [0.25, 0.3) is 0 Å². The van der Waals surface area contributed by atoms with Crippen LogP contribution in [0, 0.1) is 6.92 Å². The van der Waals surface area contributed by atoms with E-state index in [4.69, 9.17) is 5.73 Å². The zero-order chi connectivity index (χ0) is 15.1. The molecule has 2 aromatic carbocycles. The van der Waals surface area contributed by atoms with E-state index in [0.29, 0.717) is 5.13 Å². The largest absolute Gasteiger partial charge is 0.375 e. The first-order valence-corrected chi connectivity index (χ1v) is 7.79. The molecule has 22 heavy (non-hydrogen) atoms. The number of hydrogen-bond donors (Lipinski definition) is 2. The van der Waals surface area contributed by atoms with Gasteiger partial charge in [-0.05, 0) is 24.6 Å². The Bertz CT molecular complexity index is 968. The molecule has 0 radical (unpaired) electrons. The number of hydrogen-bond acceptors (Lipinski definition) is 4. The van der Waals surface area contributed by atoms with Gasteiger partial charge in [-0.3, -0.25) is 5.10 Å². The maximum atomic E-state index is 5.97. The highest BCUT2D eigenvalue weighted by molar-refractivity contribution is 7.19. The summed E-state index contributed by atoms with van der Waals surface area (Å²) in [5.74, 6) is 0. The summed E-state index contributed by atoms with van der Waals surface area (Å²) in [4.78, 5) is 5.62. The Kier molecular flexibility index (Phi) is 2.94. The van der Waals surface area contributed by atoms with E-state index < -0.39 is 0 Å². The van der Waals surface area contributed by atoms with Crippen LogP contribution in [-0.4, -0.2) is 15.2 Å². The molecule has 0 aliphatic rings. The zero-order valence-corrected chi connectivity index (χ0v) is 12.8. The highest BCUT2D eigenvalue weighted by atomic mass is 32.1. The number of rotatable bonds is 2. The number of anilines is 1. The number of aromatic amines is 1. The Labute approximate surface area is 131 Å².